The summed E-state index contributed by atoms with van der Waals surface area (Å²) < 4.78 is 39.3. The number of benzene rings is 1. The molecule has 8 nitrogen and oxygen atoms in total. The largest absolute Gasteiger partial charge is 0.489 e. The van der Waals surface area contributed by atoms with Crippen LogP contribution in [0, 0.1) is 0 Å². The lowest BCUT2D eigenvalue weighted by Crippen LogP contribution is -2.36. The lowest BCUT2D eigenvalue weighted by atomic mass is 10.1. The third-order valence-corrected chi connectivity index (χ3v) is 7.35. The third kappa shape index (κ3) is 3.53. The van der Waals surface area contributed by atoms with Crippen molar-refractivity contribution in [2.24, 2.45) is 0 Å². The molecule has 1 fully saturated rings. The van der Waals surface area contributed by atoms with Gasteiger partial charge in [-0.2, -0.15) is 4.31 Å². The molecule has 0 aliphatic carbocycles. The summed E-state index contributed by atoms with van der Waals surface area (Å²) in [6, 6.07) is 6.19. The SMILES string of the molecule is CC(=O)N1CCOc2cc(S(=O)(=O)N3CCC[C@H]3c3cc(C(C)C)on3)ccc21. The zero-order chi connectivity index (χ0) is 20.8. The molecule has 0 saturated carbocycles. The molecule has 2 aromatic rings. The highest BCUT2D eigenvalue weighted by Gasteiger charge is 2.38. The molecule has 1 saturated heterocycles. The number of rotatable bonds is 4. The fourth-order valence-electron chi connectivity index (χ4n) is 3.88. The summed E-state index contributed by atoms with van der Waals surface area (Å²) >= 11 is 0. The number of aromatic nitrogens is 1. The zero-order valence-corrected chi connectivity index (χ0v) is 17.6. The molecule has 9 heteroatoms. The summed E-state index contributed by atoms with van der Waals surface area (Å²) in [5.41, 5.74) is 1.24. The second-order valence-electron chi connectivity index (χ2n) is 7.73. The molecule has 156 valence electrons. The van der Waals surface area contributed by atoms with Crippen LogP contribution in [0.25, 0.3) is 0 Å². The number of amides is 1. The van der Waals surface area contributed by atoms with E-state index in [0.717, 1.165) is 12.2 Å². The van der Waals surface area contributed by atoms with Crippen molar-refractivity contribution >= 4 is 21.6 Å². The van der Waals surface area contributed by atoms with Crippen LogP contribution in [-0.4, -0.2) is 43.5 Å². The number of ether oxygens (including phenoxy) is 1. The fraction of sp³-hybridized carbons (Fsp3) is 0.500. The van der Waals surface area contributed by atoms with Gasteiger partial charge in [0.05, 0.1) is 23.2 Å². The van der Waals surface area contributed by atoms with E-state index in [2.05, 4.69) is 5.16 Å². The van der Waals surface area contributed by atoms with E-state index in [4.69, 9.17) is 9.26 Å². The van der Waals surface area contributed by atoms with Crippen LogP contribution in [0.5, 0.6) is 5.75 Å². The molecule has 2 aliphatic heterocycles. The van der Waals surface area contributed by atoms with Crippen LogP contribution in [0.3, 0.4) is 0 Å². The van der Waals surface area contributed by atoms with E-state index in [1.165, 1.54) is 23.4 Å². The van der Waals surface area contributed by atoms with Crippen LogP contribution in [-0.2, 0) is 14.8 Å². The first-order valence-electron chi connectivity index (χ1n) is 9.82. The lowest BCUT2D eigenvalue weighted by molar-refractivity contribution is -0.116. The normalized spacial score (nSPS) is 20.0. The van der Waals surface area contributed by atoms with Crippen LogP contribution in [0.1, 0.15) is 57.0 Å². The number of anilines is 1. The minimum absolute atomic E-state index is 0.100. The van der Waals surface area contributed by atoms with Crippen LogP contribution >= 0.6 is 0 Å². The van der Waals surface area contributed by atoms with Gasteiger partial charge in [-0.15, -0.1) is 0 Å². The molecule has 1 aromatic heterocycles. The predicted octanol–water partition coefficient (Wildman–Crippen LogP) is 3.07. The number of nitrogens with zero attached hydrogens (tertiary/aromatic N) is 3. The first kappa shape index (κ1) is 19.9. The van der Waals surface area contributed by atoms with Gasteiger partial charge in [-0.25, -0.2) is 8.42 Å². The lowest BCUT2D eigenvalue weighted by Gasteiger charge is -2.29. The quantitative estimate of drug-likeness (QED) is 0.756. The van der Waals surface area contributed by atoms with Crippen molar-refractivity contribution in [2.45, 2.75) is 50.5 Å². The standard InChI is InChI=1S/C20H25N3O5S/c1-13(2)19-12-16(21-28-19)17-5-4-8-23(17)29(25,26)15-6-7-18-20(11-15)27-10-9-22(18)14(3)24/h6-7,11-13,17H,4-5,8-10H2,1-3H3/t17-/m0/s1. The molecule has 4 rings (SSSR count). The van der Waals surface area contributed by atoms with Crippen molar-refractivity contribution in [3.8, 4) is 5.75 Å². The Labute approximate surface area is 170 Å². The van der Waals surface area contributed by atoms with Crippen LogP contribution < -0.4 is 9.64 Å². The first-order chi connectivity index (χ1) is 13.8. The van der Waals surface area contributed by atoms with Crippen molar-refractivity contribution in [1.82, 2.24) is 9.46 Å². The summed E-state index contributed by atoms with van der Waals surface area (Å²) in [4.78, 5) is 13.6. The maximum absolute atomic E-state index is 13.4. The maximum atomic E-state index is 13.4. The van der Waals surface area contributed by atoms with Gasteiger partial charge in [0.2, 0.25) is 15.9 Å². The fourth-order valence-corrected chi connectivity index (χ4v) is 5.56. The number of sulfonamides is 1. The molecule has 0 radical (unpaired) electrons. The molecule has 0 bridgehead atoms. The molecule has 1 amide bonds. The van der Waals surface area contributed by atoms with Crippen molar-refractivity contribution in [2.75, 3.05) is 24.6 Å². The predicted molar refractivity (Wildman–Crippen MR) is 106 cm³/mol. The third-order valence-electron chi connectivity index (χ3n) is 5.44. The minimum Gasteiger partial charge on any atom is -0.489 e. The first-order valence-corrected chi connectivity index (χ1v) is 11.3. The number of hydrogen-bond donors (Lipinski definition) is 0. The van der Waals surface area contributed by atoms with Gasteiger partial charge in [-0.3, -0.25) is 4.79 Å². The average Bonchev–Trinajstić information content (AvgIpc) is 3.36. The molecular formula is C20H25N3O5S. The second-order valence-corrected chi connectivity index (χ2v) is 9.62. The van der Waals surface area contributed by atoms with Gasteiger partial charge in [0.25, 0.3) is 0 Å². The van der Waals surface area contributed by atoms with Crippen molar-refractivity contribution in [3.63, 3.8) is 0 Å². The van der Waals surface area contributed by atoms with Gasteiger partial charge in [0, 0.05) is 31.5 Å². The highest BCUT2D eigenvalue weighted by molar-refractivity contribution is 7.89. The Morgan fingerprint density at radius 3 is 2.72 bits per heavy atom. The summed E-state index contributed by atoms with van der Waals surface area (Å²) in [6.45, 7) is 6.70. The molecule has 29 heavy (non-hydrogen) atoms. The number of fused-ring (bicyclic) bond motifs is 1. The molecule has 2 aliphatic rings. The molecular weight excluding hydrogens is 394 g/mol. The average molecular weight is 420 g/mol. The van der Waals surface area contributed by atoms with Crippen LogP contribution in [0.15, 0.2) is 33.7 Å². The van der Waals surface area contributed by atoms with Gasteiger partial charge in [-0.1, -0.05) is 19.0 Å². The van der Waals surface area contributed by atoms with Gasteiger partial charge in [0.1, 0.15) is 23.8 Å². The number of carbonyl (C=O) groups is 1. The van der Waals surface area contributed by atoms with Gasteiger partial charge < -0.3 is 14.2 Å². The molecule has 1 atom stereocenters. The van der Waals surface area contributed by atoms with Crippen LogP contribution in [0.2, 0.25) is 0 Å². The Balaban J connectivity index is 1.66. The van der Waals surface area contributed by atoms with E-state index < -0.39 is 10.0 Å². The molecule has 0 spiro atoms. The summed E-state index contributed by atoms with van der Waals surface area (Å²) in [5, 5.41) is 4.13. The Kier molecular flexibility index (Phi) is 5.12. The number of hydrogen-bond acceptors (Lipinski definition) is 6. The second kappa shape index (κ2) is 7.46. The van der Waals surface area contributed by atoms with Gasteiger partial charge >= 0.3 is 0 Å². The van der Waals surface area contributed by atoms with E-state index in [1.807, 2.05) is 19.9 Å². The van der Waals surface area contributed by atoms with Crippen molar-refractivity contribution in [1.29, 1.82) is 0 Å². The highest BCUT2D eigenvalue weighted by atomic mass is 32.2. The maximum Gasteiger partial charge on any atom is 0.243 e. The van der Waals surface area contributed by atoms with E-state index in [9.17, 15) is 13.2 Å². The number of carbonyl (C=O) groups excluding carboxylic acids is 1. The van der Waals surface area contributed by atoms with Crippen LogP contribution in [0.4, 0.5) is 5.69 Å². The Morgan fingerprint density at radius 2 is 2.03 bits per heavy atom. The van der Waals surface area contributed by atoms with Crippen molar-refractivity contribution in [3.05, 3.63) is 35.7 Å². The molecule has 0 unspecified atom stereocenters. The summed E-state index contributed by atoms with van der Waals surface area (Å²) in [5.74, 6) is 1.24. The summed E-state index contributed by atoms with van der Waals surface area (Å²) in [7, 11) is -3.75. The minimum atomic E-state index is -3.75. The van der Waals surface area contributed by atoms with Crippen molar-refractivity contribution < 1.29 is 22.5 Å². The summed E-state index contributed by atoms with van der Waals surface area (Å²) in [6.07, 6.45) is 1.45. The molecule has 1 aromatic carbocycles. The smallest absolute Gasteiger partial charge is 0.243 e. The zero-order valence-electron chi connectivity index (χ0n) is 16.8. The Morgan fingerprint density at radius 1 is 1.24 bits per heavy atom. The van der Waals surface area contributed by atoms with E-state index in [1.54, 1.807) is 11.0 Å². The monoisotopic (exact) mass is 419 g/mol. The Bertz CT molecular complexity index is 1030. The van der Waals surface area contributed by atoms with Gasteiger partial charge in [0.15, 0.2) is 0 Å². The molecule has 3 heterocycles. The molecule has 0 N–H and O–H groups in total. The Hall–Kier alpha value is -2.39. The van der Waals surface area contributed by atoms with E-state index >= 15 is 0 Å². The van der Waals surface area contributed by atoms with E-state index in [-0.39, 0.29) is 22.8 Å². The van der Waals surface area contributed by atoms with E-state index in [0.29, 0.717) is 43.2 Å². The topological polar surface area (TPSA) is 93.0 Å². The van der Waals surface area contributed by atoms with Gasteiger partial charge in [-0.05, 0) is 25.0 Å². The highest BCUT2D eigenvalue weighted by Crippen LogP contribution is 2.39.